The minimum Gasteiger partial charge on any atom is -0.444 e. The molecule has 17 heavy (non-hydrogen) atoms. The molecule has 0 unspecified atom stereocenters. The average Bonchev–Trinajstić information content (AvgIpc) is 2.24. The van der Waals surface area contributed by atoms with Crippen molar-refractivity contribution in [3.63, 3.8) is 0 Å². The number of ether oxygens (including phenoxy) is 2. The number of hydrogen-bond acceptors (Lipinski definition) is 4. The monoisotopic (exact) mass is 244 g/mol. The maximum absolute atomic E-state index is 11.5. The zero-order valence-corrected chi connectivity index (χ0v) is 11.0. The third kappa shape index (κ3) is 5.37. The molecule has 1 rings (SSSR count). The van der Waals surface area contributed by atoms with Gasteiger partial charge in [0.05, 0.1) is 6.61 Å². The van der Waals surface area contributed by atoms with Crippen LogP contribution < -0.4 is 11.1 Å². The highest BCUT2D eigenvalue weighted by atomic mass is 16.6. The van der Waals surface area contributed by atoms with Crippen molar-refractivity contribution in [1.29, 1.82) is 0 Å². The fourth-order valence-corrected chi connectivity index (χ4v) is 1.91. The molecular weight excluding hydrogens is 220 g/mol. The first-order valence-corrected chi connectivity index (χ1v) is 6.17. The van der Waals surface area contributed by atoms with E-state index in [0.29, 0.717) is 31.5 Å². The largest absolute Gasteiger partial charge is 0.444 e. The molecule has 5 heteroatoms. The average molecular weight is 244 g/mol. The van der Waals surface area contributed by atoms with Crippen molar-refractivity contribution in [3.05, 3.63) is 0 Å². The number of nitrogens with one attached hydrogen (secondary N) is 1. The van der Waals surface area contributed by atoms with E-state index in [4.69, 9.17) is 15.2 Å². The van der Waals surface area contributed by atoms with E-state index in [1.807, 2.05) is 20.8 Å². The Hall–Kier alpha value is -0.810. The summed E-state index contributed by atoms with van der Waals surface area (Å²) in [5.74, 6) is 0.722. The molecule has 1 saturated heterocycles. The molecule has 1 aliphatic rings. The first-order valence-electron chi connectivity index (χ1n) is 6.17. The molecule has 100 valence electrons. The second-order valence-corrected chi connectivity index (χ2v) is 5.50. The van der Waals surface area contributed by atoms with Crippen LogP contribution in [0.1, 0.15) is 27.2 Å². The third-order valence-electron chi connectivity index (χ3n) is 2.84. The summed E-state index contributed by atoms with van der Waals surface area (Å²) >= 11 is 0. The molecule has 0 aromatic rings. The van der Waals surface area contributed by atoms with E-state index in [2.05, 4.69) is 5.32 Å². The minimum atomic E-state index is -0.458. The van der Waals surface area contributed by atoms with Crippen molar-refractivity contribution in [2.45, 2.75) is 32.8 Å². The molecule has 1 amide bonds. The predicted octanol–water partition coefficient (Wildman–Crippen LogP) is 1.12. The van der Waals surface area contributed by atoms with E-state index in [-0.39, 0.29) is 6.09 Å². The van der Waals surface area contributed by atoms with Gasteiger partial charge in [0.2, 0.25) is 0 Å². The summed E-state index contributed by atoms with van der Waals surface area (Å²) in [6.07, 6.45) is 0.593. The first kappa shape index (κ1) is 14.3. The Bertz CT molecular complexity index is 251. The van der Waals surface area contributed by atoms with Gasteiger partial charge in [0.1, 0.15) is 5.60 Å². The number of amides is 1. The normalized spacial score (nSPS) is 25.4. The highest BCUT2D eigenvalue weighted by Gasteiger charge is 2.25. The minimum absolute atomic E-state index is 0.293. The Labute approximate surface area is 103 Å². The number of rotatable bonds is 3. The van der Waals surface area contributed by atoms with Crippen molar-refractivity contribution in [2.24, 2.45) is 17.6 Å². The summed E-state index contributed by atoms with van der Waals surface area (Å²) in [5.41, 5.74) is 5.24. The van der Waals surface area contributed by atoms with Gasteiger partial charge in [-0.3, -0.25) is 0 Å². The maximum atomic E-state index is 11.5. The summed E-state index contributed by atoms with van der Waals surface area (Å²) < 4.78 is 10.6. The number of hydrogen-bond donors (Lipinski definition) is 2. The second kappa shape index (κ2) is 6.21. The Morgan fingerprint density at radius 3 is 2.76 bits per heavy atom. The van der Waals surface area contributed by atoms with Crippen molar-refractivity contribution in [1.82, 2.24) is 5.32 Å². The van der Waals surface area contributed by atoms with Gasteiger partial charge in [0.15, 0.2) is 0 Å². The summed E-state index contributed by atoms with van der Waals surface area (Å²) in [6.45, 7) is 8.18. The third-order valence-corrected chi connectivity index (χ3v) is 2.84. The summed E-state index contributed by atoms with van der Waals surface area (Å²) in [7, 11) is 0. The van der Waals surface area contributed by atoms with E-state index in [1.165, 1.54) is 0 Å². The smallest absolute Gasteiger partial charge is 0.407 e. The van der Waals surface area contributed by atoms with E-state index in [1.54, 1.807) is 0 Å². The topological polar surface area (TPSA) is 73.6 Å². The van der Waals surface area contributed by atoms with Gasteiger partial charge in [0, 0.05) is 19.1 Å². The lowest BCUT2D eigenvalue weighted by molar-refractivity contribution is 0.0157. The van der Waals surface area contributed by atoms with Crippen molar-refractivity contribution in [2.75, 3.05) is 26.3 Å². The lowest BCUT2D eigenvalue weighted by Crippen LogP contribution is -2.42. The predicted molar refractivity (Wildman–Crippen MR) is 65.7 cm³/mol. The molecule has 5 nitrogen and oxygen atoms in total. The number of carbonyl (C=O) groups excluding carboxylic acids is 1. The summed E-state index contributed by atoms with van der Waals surface area (Å²) in [4.78, 5) is 11.5. The van der Waals surface area contributed by atoms with Gasteiger partial charge in [-0.25, -0.2) is 4.79 Å². The first-order chi connectivity index (χ1) is 7.92. The quantitative estimate of drug-likeness (QED) is 0.780. The standard InChI is InChI=1S/C12H24N2O3/c1-12(2,3)17-11(15)14-7-10-8-16-5-4-9(10)6-13/h9-10H,4-8,13H2,1-3H3,(H,14,15)/t9-,10-/m1/s1. The maximum Gasteiger partial charge on any atom is 0.407 e. The van der Waals surface area contributed by atoms with Crippen molar-refractivity contribution >= 4 is 6.09 Å². The van der Waals surface area contributed by atoms with Crippen LogP contribution in [0.5, 0.6) is 0 Å². The van der Waals surface area contributed by atoms with Crippen LogP contribution in [0.4, 0.5) is 4.79 Å². The number of nitrogens with two attached hydrogens (primary N) is 1. The second-order valence-electron chi connectivity index (χ2n) is 5.50. The van der Waals surface area contributed by atoms with Crippen LogP contribution in [0.25, 0.3) is 0 Å². The molecule has 1 heterocycles. The molecule has 0 radical (unpaired) electrons. The molecule has 1 aliphatic heterocycles. The van der Waals surface area contributed by atoms with E-state index >= 15 is 0 Å². The zero-order chi connectivity index (χ0) is 12.9. The van der Waals surface area contributed by atoms with Crippen LogP contribution in [0.15, 0.2) is 0 Å². The van der Waals surface area contributed by atoms with Gasteiger partial charge in [-0.05, 0) is 39.7 Å². The Balaban J connectivity index is 2.31. The van der Waals surface area contributed by atoms with E-state index in [0.717, 1.165) is 13.0 Å². The van der Waals surface area contributed by atoms with Gasteiger partial charge in [-0.1, -0.05) is 0 Å². The lowest BCUT2D eigenvalue weighted by atomic mass is 9.88. The fourth-order valence-electron chi connectivity index (χ4n) is 1.91. The van der Waals surface area contributed by atoms with Gasteiger partial charge in [0.25, 0.3) is 0 Å². The summed E-state index contributed by atoms with van der Waals surface area (Å²) in [5, 5.41) is 2.78. The van der Waals surface area contributed by atoms with Crippen molar-refractivity contribution < 1.29 is 14.3 Å². The summed E-state index contributed by atoms with van der Waals surface area (Å²) in [6, 6.07) is 0. The van der Waals surface area contributed by atoms with Crippen molar-refractivity contribution in [3.8, 4) is 0 Å². The molecule has 3 N–H and O–H groups in total. The molecule has 0 aromatic heterocycles. The van der Waals surface area contributed by atoms with Gasteiger partial charge < -0.3 is 20.5 Å². The highest BCUT2D eigenvalue weighted by molar-refractivity contribution is 5.67. The molecule has 2 atom stereocenters. The van der Waals surface area contributed by atoms with Crippen LogP contribution in [0, 0.1) is 11.8 Å². The molecule has 0 spiro atoms. The van der Waals surface area contributed by atoms with Crippen LogP contribution in [0.3, 0.4) is 0 Å². The molecule has 0 aliphatic carbocycles. The fraction of sp³-hybridized carbons (Fsp3) is 0.917. The Kier molecular flexibility index (Phi) is 5.21. The van der Waals surface area contributed by atoms with Gasteiger partial charge >= 0.3 is 6.09 Å². The van der Waals surface area contributed by atoms with Crippen LogP contribution in [0.2, 0.25) is 0 Å². The zero-order valence-electron chi connectivity index (χ0n) is 11.0. The molecule has 0 aromatic carbocycles. The highest BCUT2D eigenvalue weighted by Crippen LogP contribution is 2.20. The lowest BCUT2D eigenvalue weighted by Gasteiger charge is -2.31. The van der Waals surface area contributed by atoms with Crippen LogP contribution >= 0.6 is 0 Å². The van der Waals surface area contributed by atoms with E-state index < -0.39 is 5.60 Å². The van der Waals surface area contributed by atoms with Crippen LogP contribution in [-0.2, 0) is 9.47 Å². The van der Waals surface area contributed by atoms with E-state index in [9.17, 15) is 4.79 Å². The number of carbonyl (C=O) groups is 1. The SMILES string of the molecule is CC(C)(C)OC(=O)NC[C@@H]1COCC[C@@H]1CN. The molecular formula is C12H24N2O3. The van der Waals surface area contributed by atoms with Crippen LogP contribution in [-0.4, -0.2) is 38.0 Å². The molecule has 1 fully saturated rings. The number of alkyl carbamates (subject to hydrolysis) is 1. The molecule has 0 saturated carbocycles. The van der Waals surface area contributed by atoms with Gasteiger partial charge in [-0.15, -0.1) is 0 Å². The Morgan fingerprint density at radius 1 is 1.47 bits per heavy atom. The van der Waals surface area contributed by atoms with Gasteiger partial charge in [-0.2, -0.15) is 0 Å². The molecule has 0 bridgehead atoms. The Morgan fingerprint density at radius 2 is 2.18 bits per heavy atom.